The normalized spacial score (nSPS) is 18.9. The summed E-state index contributed by atoms with van der Waals surface area (Å²) in [7, 11) is 0. The van der Waals surface area contributed by atoms with Gasteiger partial charge in [-0.3, -0.25) is 5.10 Å². The lowest BCUT2D eigenvalue weighted by Crippen LogP contribution is -2.27. The fourth-order valence-electron chi connectivity index (χ4n) is 2.26. The predicted molar refractivity (Wildman–Crippen MR) is 76.6 cm³/mol. The molecule has 2 N–H and O–H groups in total. The van der Waals surface area contributed by atoms with Crippen molar-refractivity contribution in [2.75, 3.05) is 11.5 Å². The molecule has 1 aromatic carbocycles. The first kappa shape index (κ1) is 12.7. The fraction of sp³-hybridized carbons (Fsp3) is 0.357. The molecule has 5 heteroatoms. The Hall–Kier alpha value is -1.33. The van der Waals surface area contributed by atoms with Crippen LogP contribution in [0.25, 0.3) is 11.3 Å². The third kappa shape index (κ3) is 2.98. The van der Waals surface area contributed by atoms with Gasteiger partial charge in [0.15, 0.2) is 0 Å². The van der Waals surface area contributed by atoms with Gasteiger partial charge in [-0.1, -0.05) is 0 Å². The van der Waals surface area contributed by atoms with E-state index in [1.54, 1.807) is 12.1 Å². The van der Waals surface area contributed by atoms with E-state index in [0.29, 0.717) is 6.04 Å². The topological polar surface area (TPSA) is 40.7 Å². The number of aromatic amines is 1. The van der Waals surface area contributed by atoms with E-state index < -0.39 is 0 Å². The van der Waals surface area contributed by atoms with Crippen LogP contribution in [0.15, 0.2) is 30.5 Å². The molecule has 0 bridgehead atoms. The van der Waals surface area contributed by atoms with Gasteiger partial charge < -0.3 is 5.32 Å². The van der Waals surface area contributed by atoms with Crippen LogP contribution in [-0.2, 0) is 6.54 Å². The maximum Gasteiger partial charge on any atom is 0.123 e. The highest BCUT2D eigenvalue weighted by molar-refractivity contribution is 7.99. The molecule has 1 aliphatic rings. The maximum atomic E-state index is 12.9. The number of hydrogen-bond donors (Lipinski definition) is 2. The molecule has 1 fully saturated rings. The van der Waals surface area contributed by atoms with E-state index in [2.05, 4.69) is 15.5 Å². The van der Waals surface area contributed by atoms with Crippen LogP contribution in [0.2, 0.25) is 0 Å². The van der Waals surface area contributed by atoms with Crippen LogP contribution >= 0.6 is 11.8 Å². The van der Waals surface area contributed by atoms with Crippen molar-refractivity contribution in [3.05, 3.63) is 41.8 Å². The van der Waals surface area contributed by atoms with Crippen molar-refractivity contribution >= 4 is 11.8 Å². The van der Waals surface area contributed by atoms with E-state index in [1.165, 1.54) is 30.1 Å². The van der Waals surface area contributed by atoms with E-state index in [9.17, 15) is 4.39 Å². The van der Waals surface area contributed by atoms with Gasteiger partial charge in [0.25, 0.3) is 0 Å². The molecule has 2 heterocycles. The van der Waals surface area contributed by atoms with Gasteiger partial charge in [-0.2, -0.15) is 16.9 Å². The van der Waals surface area contributed by atoms with Gasteiger partial charge in [0.05, 0.1) is 11.9 Å². The van der Waals surface area contributed by atoms with Gasteiger partial charge in [0.1, 0.15) is 5.82 Å². The van der Waals surface area contributed by atoms with E-state index in [1.807, 2.05) is 18.0 Å². The number of thioether (sulfide) groups is 1. The van der Waals surface area contributed by atoms with Crippen LogP contribution in [0.3, 0.4) is 0 Å². The summed E-state index contributed by atoms with van der Waals surface area (Å²) >= 11 is 1.99. The minimum Gasteiger partial charge on any atom is -0.309 e. The molecule has 1 saturated heterocycles. The first-order valence-corrected chi connectivity index (χ1v) is 7.58. The number of rotatable bonds is 4. The molecular weight excluding hydrogens is 261 g/mol. The Bertz CT molecular complexity index is 532. The van der Waals surface area contributed by atoms with Gasteiger partial charge in [-0.15, -0.1) is 0 Å². The van der Waals surface area contributed by atoms with Crippen LogP contribution < -0.4 is 5.32 Å². The smallest absolute Gasteiger partial charge is 0.123 e. The van der Waals surface area contributed by atoms with Gasteiger partial charge in [0.2, 0.25) is 0 Å². The van der Waals surface area contributed by atoms with E-state index in [4.69, 9.17) is 0 Å². The third-order valence-electron chi connectivity index (χ3n) is 3.36. The van der Waals surface area contributed by atoms with Crippen LogP contribution in [0.5, 0.6) is 0 Å². The van der Waals surface area contributed by atoms with Crippen LogP contribution in [-0.4, -0.2) is 27.7 Å². The number of benzene rings is 1. The molecule has 100 valence electrons. The summed E-state index contributed by atoms with van der Waals surface area (Å²) in [6.07, 6.45) is 3.07. The summed E-state index contributed by atoms with van der Waals surface area (Å²) in [5.41, 5.74) is 3.07. The zero-order chi connectivity index (χ0) is 13.1. The molecule has 1 aliphatic heterocycles. The summed E-state index contributed by atoms with van der Waals surface area (Å²) in [5, 5.41) is 10.7. The Morgan fingerprint density at radius 2 is 2.21 bits per heavy atom. The van der Waals surface area contributed by atoms with Crippen molar-refractivity contribution in [1.29, 1.82) is 0 Å². The van der Waals surface area contributed by atoms with Gasteiger partial charge in [0, 0.05) is 29.5 Å². The summed E-state index contributed by atoms with van der Waals surface area (Å²) in [6.45, 7) is 0.800. The zero-order valence-electron chi connectivity index (χ0n) is 10.5. The minimum atomic E-state index is -0.217. The molecule has 0 aliphatic carbocycles. The van der Waals surface area contributed by atoms with Crippen molar-refractivity contribution in [1.82, 2.24) is 15.5 Å². The Balaban J connectivity index is 1.72. The van der Waals surface area contributed by atoms with Crippen LogP contribution in [0.4, 0.5) is 4.39 Å². The van der Waals surface area contributed by atoms with Crippen molar-refractivity contribution < 1.29 is 4.39 Å². The zero-order valence-corrected chi connectivity index (χ0v) is 11.3. The standard InChI is InChI=1S/C14H16FN3S/c15-12-3-1-10(2-4-12)14-11(8-17-18-14)7-16-13-5-6-19-9-13/h1-4,8,13,16H,5-7,9H2,(H,17,18)/t13-/m0/s1. The molecule has 2 aromatic rings. The van der Waals surface area contributed by atoms with E-state index in [0.717, 1.165) is 23.4 Å². The molecule has 1 atom stereocenters. The molecule has 3 rings (SSSR count). The average molecular weight is 277 g/mol. The number of H-pyrrole nitrogens is 1. The molecule has 0 saturated carbocycles. The highest BCUT2D eigenvalue weighted by atomic mass is 32.2. The lowest BCUT2D eigenvalue weighted by Gasteiger charge is -2.11. The molecule has 0 radical (unpaired) electrons. The molecule has 0 spiro atoms. The second kappa shape index (κ2) is 5.75. The van der Waals surface area contributed by atoms with E-state index >= 15 is 0 Å². The second-order valence-corrected chi connectivity index (χ2v) is 5.87. The Kier molecular flexibility index (Phi) is 3.84. The molecule has 3 nitrogen and oxygen atoms in total. The first-order valence-electron chi connectivity index (χ1n) is 6.42. The molecule has 0 amide bonds. The Labute approximate surface area is 116 Å². The minimum absolute atomic E-state index is 0.217. The third-order valence-corrected chi connectivity index (χ3v) is 4.52. The fourth-order valence-corrected chi connectivity index (χ4v) is 3.45. The second-order valence-electron chi connectivity index (χ2n) is 4.72. The number of hydrogen-bond acceptors (Lipinski definition) is 3. The number of aromatic nitrogens is 2. The van der Waals surface area contributed by atoms with Gasteiger partial charge in [-0.05, 0) is 36.4 Å². The average Bonchev–Trinajstić information content (AvgIpc) is 3.08. The van der Waals surface area contributed by atoms with Crippen molar-refractivity contribution in [2.24, 2.45) is 0 Å². The van der Waals surface area contributed by atoms with Crippen molar-refractivity contribution in [2.45, 2.75) is 19.0 Å². The highest BCUT2D eigenvalue weighted by Gasteiger charge is 2.16. The summed E-state index contributed by atoms with van der Waals surface area (Å²) in [6, 6.07) is 7.10. The molecule has 19 heavy (non-hydrogen) atoms. The quantitative estimate of drug-likeness (QED) is 0.903. The summed E-state index contributed by atoms with van der Waals surface area (Å²) in [4.78, 5) is 0. The lowest BCUT2D eigenvalue weighted by atomic mass is 10.1. The van der Waals surface area contributed by atoms with Crippen molar-refractivity contribution in [3.8, 4) is 11.3 Å². The van der Waals surface area contributed by atoms with Crippen molar-refractivity contribution in [3.63, 3.8) is 0 Å². The Morgan fingerprint density at radius 3 is 2.95 bits per heavy atom. The summed E-state index contributed by atoms with van der Waals surface area (Å²) in [5.74, 6) is 2.21. The number of nitrogens with one attached hydrogen (secondary N) is 2. The largest absolute Gasteiger partial charge is 0.309 e. The molecule has 1 aromatic heterocycles. The SMILES string of the molecule is Fc1ccc(-c2[nH]ncc2CN[C@H]2CCSC2)cc1. The van der Waals surface area contributed by atoms with E-state index in [-0.39, 0.29) is 5.82 Å². The highest BCUT2D eigenvalue weighted by Crippen LogP contribution is 2.22. The predicted octanol–water partition coefficient (Wildman–Crippen LogP) is 2.81. The molecular formula is C14H16FN3S. The maximum absolute atomic E-state index is 12.9. The number of halogens is 1. The van der Waals surface area contributed by atoms with Gasteiger partial charge in [-0.25, -0.2) is 4.39 Å². The summed E-state index contributed by atoms with van der Waals surface area (Å²) < 4.78 is 12.9. The lowest BCUT2D eigenvalue weighted by molar-refractivity contribution is 0.558. The monoisotopic (exact) mass is 277 g/mol. The first-order chi connectivity index (χ1) is 9.33. The molecule has 0 unspecified atom stereocenters. The van der Waals surface area contributed by atoms with Crippen LogP contribution in [0.1, 0.15) is 12.0 Å². The number of nitrogens with zero attached hydrogens (tertiary/aromatic N) is 1. The Morgan fingerprint density at radius 1 is 1.37 bits per heavy atom. The van der Waals surface area contributed by atoms with Crippen LogP contribution in [0, 0.1) is 5.82 Å². The van der Waals surface area contributed by atoms with Gasteiger partial charge >= 0.3 is 0 Å².